The fourth-order valence-corrected chi connectivity index (χ4v) is 3.32. The molecule has 1 aromatic carbocycles. The topological polar surface area (TPSA) is 64.9 Å². The predicted molar refractivity (Wildman–Crippen MR) is 106 cm³/mol. The van der Waals surface area contributed by atoms with E-state index in [1.54, 1.807) is 19.6 Å². The number of nitrogens with zero attached hydrogens (tertiary/aromatic N) is 4. The van der Waals surface area contributed by atoms with Gasteiger partial charge in [-0.2, -0.15) is 0 Å². The number of aromatic nitrogens is 4. The van der Waals surface area contributed by atoms with Gasteiger partial charge in [0.1, 0.15) is 17.9 Å². The van der Waals surface area contributed by atoms with Gasteiger partial charge in [-0.15, -0.1) is 0 Å². The summed E-state index contributed by atoms with van der Waals surface area (Å²) < 4.78 is 7.68. The number of benzene rings is 1. The number of anilines is 1. The van der Waals surface area contributed by atoms with Crippen LogP contribution in [-0.4, -0.2) is 26.6 Å². The molecule has 136 valence electrons. The number of hydrogen-bond acceptors (Lipinski definition) is 5. The van der Waals surface area contributed by atoms with Crippen molar-refractivity contribution < 1.29 is 4.74 Å². The van der Waals surface area contributed by atoms with Crippen molar-refractivity contribution in [1.82, 2.24) is 19.5 Å². The highest BCUT2D eigenvalue weighted by Gasteiger charge is 2.19. The minimum absolute atomic E-state index is 0.602. The first-order valence-electron chi connectivity index (χ1n) is 8.80. The molecule has 6 nitrogen and oxygen atoms in total. The van der Waals surface area contributed by atoms with Crippen molar-refractivity contribution in [2.24, 2.45) is 0 Å². The first-order valence-corrected chi connectivity index (χ1v) is 8.80. The molecule has 6 heteroatoms. The molecule has 0 amide bonds. The van der Waals surface area contributed by atoms with Crippen molar-refractivity contribution in [3.05, 3.63) is 71.9 Å². The highest BCUT2D eigenvalue weighted by molar-refractivity contribution is 5.93. The number of para-hydroxylation sites is 2. The Hall–Kier alpha value is -3.41. The second kappa shape index (κ2) is 7.07. The van der Waals surface area contributed by atoms with Gasteiger partial charge in [-0.25, -0.2) is 9.97 Å². The van der Waals surface area contributed by atoms with Crippen molar-refractivity contribution in [3.8, 4) is 11.4 Å². The number of aryl methyl sites for hydroxylation is 1. The Morgan fingerprint density at radius 2 is 1.81 bits per heavy atom. The second-order valence-corrected chi connectivity index (χ2v) is 6.31. The molecule has 0 aliphatic rings. The summed E-state index contributed by atoms with van der Waals surface area (Å²) >= 11 is 0. The van der Waals surface area contributed by atoms with Crippen LogP contribution in [0.5, 0.6) is 5.75 Å². The zero-order valence-electron chi connectivity index (χ0n) is 15.6. The molecule has 0 atom stereocenters. The number of rotatable bonds is 5. The van der Waals surface area contributed by atoms with Crippen LogP contribution in [-0.2, 0) is 6.54 Å². The molecule has 0 radical (unpaired) electrons. The molecule has 4 aromatic rings. The average Bonchev–Trinajstić information content (AvgIpc) is 2.98. The molecular weight excluding hydrogens is 338 g/mol. The Kier molecular flexibility index (Phi) is 4.46. The summed E-state index contributed by atoms with van der Waals surface area (Å²) in [5, 5.41) is 4.42. The maximum absolute atomic E-state index is 5.56. The molecule has 0 fully saturated rings. The van der Waals surface area contributed by atoms with Gasteiger partial charge in [0.15, 0.2) is 5.65 Å². The van der Waals surface area contributed by atoms with Crippen molar-refractivity contribution >= 4 is 16.9 Å². The third-order valence-corrected chi connectivity index (χ3v) is 4.78. The number of hydrogen-bond donors (Lipinski definition) is 1. The quantitative estimate of drug-likeness (QED) is 0.582. The Bertz CT molecular complexity index is 1090. The number of methoxy groups -OCH3 is 1. The van der Waals surface area contributed by atoms with Crippen LogP contribution in [0.2, 0.25) is 0 Å². The van der Waals surface area contributed by atoms with Gasteiger partial charge in [0, 0.05) is 11.9 Å². The van der Waals surface area contributed by atoms with E-state index in [0.29, 0.717) is 6.54 Å². The zero-order chi connectivity index (χ0) is 18.8. The van der Waals surface area contributed by atoms with Gasteiger partial charge in [0.05, 0.1) is 30.4 Å². The molecule has 0 saturated heterocycles. The van der Waals surface area contributed by atoms with Crippen molar-refractivity contribution in [3.63, 3.8) is 0 Å². The molecule has 4 rings (SSSR count). The van der Waals surface area contributed by atoms with Gasteiger partial charge >= 0.3 is 0 Å². The Morgan fingerprint density at radius 3 is 2.59 bits per heavy atom. The minimum Gasteiger partial charge on any atom is -0.495 e. The molecule has 1 N–H and O–H groups in total. The van der Waals surface area contributed by atoms with Gasteiger partial charge in [-0.3, -0.25) is 9.55 Å². The third-order valence-electron chi connectivity index (χ3n) is 4.78. The number of fused-ring (bicyclic) bond motifs is 1. The van der Waals surface area contributed by atoms with E-state index in [0.717, 1.165) is 45.2 Å². The first kappa shape index (κ1) is 17.0. The van der Waals surface area contributed by atoms with E-state index < -0.39 is 0 Å². The van der Waals surface area contributed by atoms with Gasteiger partial charge in [0.2, 0.25) is 0 Å². The van der Waals surface area contributed by atoms with E-state index in [2.05, 4.69) is 38.7 Å². The lowest BCUT2D eigenvalue weighted by Crippen LogP contribution is -2.04. The lowest BCUT2D eigenvalue weighted by molar-refractivity contribution is 0.413. The Labute approximate surface area is 157 Å². The van der Waals surface area contributed by atoms with Gasteiger partial charge < -0.3 is 10.1 Å². The molecule has 0 unspecified atom stereocenters. The third kappa shape index (κ3) is 2.99. The molecular formula is C21H21N5O. The number of pyridine rings is 1. The van der Waals surface area contributed by atoms with Crippen LogP contribution < -0.4 is 10.1 Å². The normalized spacial score (nSPS) is 10.9. The van der Waals surface area contributed by atoms with Crippen LogP contribution in [0.4, 0.5) is 5.82 Å². The SMILES string of the molecule is COc1ccccc1-n1c(C)c(C)c2c(NCc3ccccn3)ncnc21. The number of ether oxygens (including phenoxy) is 1. The van der Waals surface area contributed by atoms with E-state index in [1.807, 2.05) is 42.5 Å². The van der Waals surface area contributed by atoms with Crippen LogP contribution in [0.15, 0.2) is 55.0 Å². The standard InChI is InChI=1S/C21H21N5O/c1-14-15(2)26(17-9-4-5-10-18(17)27-3)21-19(14)20(24-13-25-21)23-12-16-8-6-7-11-22-16/h4-11,13H,12H2,1-3H3,(H,23,24,25). The summed E-state index contributed by atoms with van der Waals surface area (Å²) in [4.78, 5) is 13.4. The van der Waals surface area contributed by atoms with Crippen molar-refractivity contribution in [2.75, 3.05) is 12.4 Å². The van der Waals surface area contributed by atoms with Crippen molar-refractivity contribution in [2.45, 2.75) is 20.4 Å². The van der Waals surface area contributed by atoms with Gasteiger partial charge in [0.25, 0.3) is 0 Å². The fraction of sp³-hybridized carbons (Fsp3) is 0.190. The van der Waals surface area contributed by atoms with Gasteiger partial charge in [-0.1, -0.05) is 18.2 Å². The molecule has 3 aromatic heterocycles. The lowest BCUT2D eigenvalue weighted by Gasteiger charge is -2.12. The highest BCUT2D eigenvalue weighted by Crippen LogP contribution is 2.34. The van der Waals surface area contributed by atoms with Crippen LogP contribution in [0.25, 0.3) is 16.7 Å². The molecule has 3 heterocycles. The monoisotopic (exact) mass is 359 g/mol. The molecule has 0 saturated carbocycles. The van der Waals surface area contributed by atoms with Crippen LogP contribution in [0.3, 0.4) is 0 Å². The predicted octanol–water partition coefficient (Wildman–Crippen LogP) is 4.05. The van der Waals surface area contributed by atoms with Crippen molar-refractivity contribution in [1.29, 1.82) is 0 Å². The lowest BCUT2D eigenvalue weighted by atomic mass is 10.2. The second-order valence-electron chi connectivity index (χ2n) is 6.31. The summed E-state index contributed by atoms with van der Waals surface area (Å²) in [7, 11) is 1.68. The smallest absolute Gasteiger partial charge is 0.150 e. The fourth-order valence-electron chi connectivity index (χ4n) is 3.32. The van der Waals surface area contributed by atoms with E-state index >= 15 is 0 Å². The Balaban J connectivity index is 1.83. The summed E-state index contributed by atoms with van der Waals surface area (Å²) in [6, 6.07) is 13.8. The van der Waals surface area contributed by atoms with Crippen LogP contribution in [0.1, 0.15) is 17.0 Å². The maximum Gasteiger partial charge on any atom is 0.150 e. The zero-order valence-corrected chi connectivity index (χ0v) is 15.6. The maximum atomic E-state index is 5.56. The molecule has 0 aliphatic carbocycles. The summed E-state index contributed by atoms with van der Waals surface area (Å²) in [5.74, 6) is 1.61. The largest absolute Gasteiger partial charge is 0.495 e. The first-order chi connectivity index (χ1) is 13.2. The Morgan fingerprint density at radius 1 is 1.00 bits per heavy atom. The molecule has 0 aliphatic heterocycles. The van der Waals surface area contributed by atoms with E-state index in [9.17, 15) is 0 Å². The summed E-state index contributed by atoms with van der Waals surface area (Å²) in [6.45, 7) is 4.79. The highest BCUT2D eigenvalue weighted by atomic mass is 16.5. The molecule has 27 heavy (non-hydrogen) atoms. The average molecular weight is 359 g/mol. The summed E-state index contributed by atoms with van der Waals surface area (Å²) in [6.07, 6.45) is 3.38. The minimum atomic E-state index is 0.602. The molecule has 0 spiro atoms. The van der Waals surface area contributed by atoms with Gasteiger partial charge in [-0.05, 0) is 43.7 Å². The molecule has 0 bridgehead atoms. The van der Waals surface area contributed by atoms with Crippen LogP contribution in [0, 0.1) is 13.8 Å². The van der Waals surface area contributed by atoms with E-state index in [1.165, 1.54) is 0 Å². The number of nitrogens with one attached hydrogen (secondary N) is 1. The van der Waals surface area contributed by atoms with E-state index in [-0.39, 0.29) is 0 Å². The summed E-state index contributed by atoms with van der Waals surface area (Å²) in [5.41, 5.74) is 5.02. The van der Waals surface area contributed by atoms with Crippen LogP contribution >= 0.6 is 0 Å². The van der Waals surface area contributed by atoms with E-state index in [4.69, 9.17) is 4.74 Å².